The number of hydrogen-bond donors (Lipinski definition) is 0. The molecule has 0 aromatic carbocycles. The van der Waals surface area contributed by atoms with E-state index < -0.39 is 0 Å². The van der Waals surface area contributed by atoms with Gasteiger partial charge in [0.15, 0.2) is 0 Å². The van der Waals surface area contributed by atoms with Crippen LogP contribution in [0.4, 0.5) is 0 Å². The molecule has 0 rings (SSSR count). The number of hydrogen-bond acceptors (Lipinski definition) is 2. The summed E-state index contributed by atoms with van der Waals surface area (Å²) in [6.07, 6.45) is 4.05. The normalized spacial score (nSPS) is 11.2. The third-order valence-electron chi connectivity index (χ3n) is 1.15. The summed E-state index contributed by atoms with van der Waals surface area (Å²) < 4.78 is 0. The fraction of sp³-hybridized carbons (Fsp3) is 0.875. The van der Waals surface area contributed by atoms with E-state index in [9.17, 15) is 0 Å². The van der Waals surface area contributed by atoms with Gasteiger partial charge in [0.05, 0.1) is 0 Å². The number of oxime groups is 1. The first-order valence-electron chi connectivity index (χ1n) is 3.91. The van der Waals surface area contributed by atoms with Crippen LogP contribution in [0.25, 0.3) is 0 Å². The lowest BCUT2D eigenvalue weighted by Gasteiger charge is -1.97. The highest BCUT2D eigenvalue weighted by molar-refractivity contribution is 5.56. The molecule has 10 heavy (non-hydrogen) atoms. The van der Waals surface area contributed by atoms with E-state index in [4.69, 9.17) is 4.84 Å². The van der Waals surface area contributed by atoms with E-state index in [0.29, 0.717) is 6.61 Å². The van der Waals surface area contributed by atoms with Crippen LogP contribution in [0, 0.1) is 5.92 Å². The predicted molar refractivity (Wildman–Crippen MR) is 44.2 cm³/mol. The summed E-state index contributed by atoms with van der Waals surface area (Å²) in [4.78, 5) is 4.78. The second-order valence-electron chi connectivity index (χ2n) is 2.68. The largest absolute Gasteiger partial charge is 0.396 e. The summed E-state index contributed by atoms with van der Waals surface area (Å²) in [5, 5.41) is 3.74. The Balaban J connectivity index is 3.02. The minimum absolute atomic E-state index is 0.665. The van der Waals surface area contributed by atoms with E-state index in [1.165, 1.54) is 6.42 Å². The molecule has 0 radical (unpaired) electrons. The molecule has 0 unspecified atom stereocenters. The van der Waals surface area contributed by atoms with Gasteiger partial charge >= 0.3 is 0 Å². The van der Waals surface area contributed by atoms with Gasteiger partial charge in [0.2, 0.25) is 0 Å². The van der Waals surface area contributed by atoms with Gasteiger partial charge in [0.25, 0.3) is 0 Å². The maximum Gasteiger partial charge on any atom is 0.114 e. The first kappa shape index (κ1) is 9.47. The molecule has 0 saturated carbocycles. The van der Waals surface area contributed by atoms with Crippen molar-refractivity contribution in [2.75, 3.05) is 6.61 Å². The molecule has 0 aromatic heterocycles. The Kier molecular flexibility index (Phi) is 6.24. The number of nitrogens with zero attached hydrogens (tertiary/aromatic N) is 1. The zero-order valence-electron chi connectivity index (χ0n) is 7.13. The summed E-state index contributed by atoms with van der Waals surface area (Å²) in [6, 6.07) is 0. The maximum atomic E-state index is 4.78. The molecule has 0 bridgehead atoms. The summed E-state index contributed by atoms with van der Waals surface area (Å²) in [7, 11) is 0. The van der Waals surface area contributed by atoms with E-state index in [-0.39, 0.29) is 0 Å². The molecule has 0 amide bonds. The van der Waals surface area contributed by atoms with Crippen molar-refractivity contribution in [1.82, 2.24) is 0 Å². The average molecular weight is 143 g/mol. The first-order chi connectivity index (χ1) is 4.77. The van der Waals surface area contributed by atoms with Crippen LogP contribution in [0.3, 0.4) is 0 Å². The quantitative estimate of drug-likeness (QED) is 0.428. The molecular formula is C8H17NO. The van der Waals surface area contributed by atoms with Crippen molar-refractivity contribution < 1.29 is 4.84 Å². The zero-order valence-corrected chi connectivity index (χ0v) is 7.13. The average Bonchev–Trinajstić information content (AvgIpc) is 1.87. The zero-order chi connectivity index (χ0) is 7.82. The minimum atomic E-state index is 0.665. The third-order valence-corrected chi connectivity index (χ3v) is 1.15. The molecule has 0 atom stereocenters. The highest BCUT2D eigenvalue weighted by Crippen LogP contribution is 2.00. The van der Waals surface area contributed by atoms with Gasteiger partial charge in [-0.3, -0.25) is 0 Å². The van der Waals surface area contributed by atoms with Crippen LogP contribution < -0.4 is 0 Å². The van der Waals surface area contributed by atoms with Gasteiger partial charge in [-0.2, -0.15) is 0 Å². The second-order valence-corrected chi connectivity index (χ2v) is 2.68. The van der Waals surface area contributed by atoms with Crippen molar-refractivity contribution in [3.05, 3.63) is 0 Å². The van der Waals surface area contributed by atoms with Gasteiger partial charge in [-0.15, -0.1) is 0 Å². The van der Waals surface area contributed by atoms with Gasteiger partial charge in [0.1, 0.15) is 6.61 Å². The highest BCUT2D eigenvalue weighted by atomic mass is 16.6. The van der Waals surface area contributed by atoms with Crippen LogP contribution in [-0.4, -0.2) is 12.8 Å². The molecule has 0 heterocycles. The third kappa shape index (κ3) is 7.47. The van der Waals surface area contributed by atoms with E-state index in [2.05, 4.69) is 19.0 Å². The Hall–Kier alpha value is -0.530. The predicted octanol–water partition coefficient (Wildman–Crippen LogP) is 2.44. The van der Waals surface area contributed by atoms with Gasteiger partial charge < -0.3 is 4.84 Å². The van der Waals surface area contributed by atoms with Crippen LogP contribution in [-0.2, 0) is 4.84 Å². The van der Waals surface area contributed by atoms with Crippen LogP contribution in [0.1, 0.15) is 33.6 Å². The fourth-order valence-electron chi connectivity index (χ4n) is 0.588. The second kappa shape index (κ2) is 6.59. The Morgan fingerprint density at radius 2 is 2.20 bits per heavy atom. The molecule has 0 aliphatic rings. The maximum absolute atomic E-state index is 4.78. The summed E-state index contributed by atoms with van der Waals surface area (Å²) in [5.41, 5.74) is 0. The van der Waals surface area contributed by atoms with Gasteiger partial charge in [0, 0.05) is 6.21 Å². The molecular weight excluding hydrogens is 126 g/mol. The van der Waals surface area contributed by atoms with Crippen molar-refractivity contribution in [3.8, 4) is 0 Å². The van der Waals surface area contributed by atoms with Crippen LogP contribution in [0.15, 0.2) is 5.16 Å². The van der Waals surface area contributed by atoms with Crippen molar-refractivity contribution in [3.63, 3.8) is 0 Å². The lowest BCUT2D eigenvalue weighted by atomic mass is 10.1. The van der Waals surface area contributed by atoms with E-state index in [0.717, 1.165) is 12.3 Å². The van der Waals surface area contributed by atoms with Gasteiger partial charge in [-0.05, 0) is 25.7 Å². The highest BCUT2D eigenvalue weighted by Gasteiger charge is 1.89. The number of rotatable bonds is 5. The van der Waals surface area contributed by atoms with Gasteiger partial charge in [-0.25, -0.2) is 0 Å². The molecule has 0 aromatic rings. The van der Waals surface area contributed by atoms with E-state index in [1.54, 1.807) is 0 Å². The van der Waals surface area contributed by atoms with Crippen molar-refractivity contribution in [2.45, 2.75) is 33.6 Å². The minimum Gasteiger partial charge on any atom is -0.396 e. The van der Waals surface area contributed by atoms with Crippen LogP contribution in [0.2, 0.25) is 0 Å². The van der Waals surface area contributed by atoms with Crippen molar-refractivity contribution in [2.24, 2.45) is 11.1 Å². The van der Waals surface area contributed by atoms with E-state index in [1.807, 2.05) is 13.1 Å². The van der Waals surface area contributed by atoms with Crippen molar-refractivity contribution in [1.29, 1.82) is 0 Å². The van der Waals surface area contributed by atoms with E-state index >= 15 is 0 Å². The molecule has 0 saturated heterocycles. The van der Waals surface area contributed by atoms with Crippen LogP contribution in [0.5, 0.6) is 0 Å². The molecule has 0 spiro atoms. The van der Waals surface area contributed by atoms with Gasteiger partial charge in [-0.1, -0.05) is 19.0 Å². The summed E-state index contributed by atoms with van der Waals surface area (Å²) in [6.45, 7) is 7.00. The summed E-state index contributed by atoms with van der Waals surface area (Å²) >= 11 is 0. The Morgan fingerprint density at radius 1 is 1.50 bits per heavy atom. The smallest absolute Gasteiger partial charge is 0.114 e. The molecule has 2 heteroatoms. The SMILES string of the molecule is CCO/N=C/CCC(C)C. The Morgan fingerprint density at radius 3 is 2.70 bits per heavy atom. The molecule has 0 aliphatic carbocycles. The molecule has 0 N–H and O–H groups in total. The summed E-state index contributed by atoms with van der Waals surface area (Å²) in [5.74, 6) is 0.757. The lowest BCUT2D eigenvalue weighted by molar-refractivity contribution is 0.159. The van der Waals surface area contributed by atoms with Crippen LogP contribution >= 0.6 is 0 Å². The molecule has 60 valence electrons. The Bertz CT molecular complexity index is 89.3. The molecule has 0 aliphatic heterocycles. The molecule has 2 nitrogen and oxygen atoms in total. The Labute approximate surface area is 63.3 Å². The fourth-order valence-corrected chi connectivity index (χ4v) is 0.588. The first-order valence-corrected chi connectivity index (χ1v) is 3.91. The molecule has 0 fully saturated rings. The topological polar surface area (TPSA) is 21.6 Å². The monoisotopic (exact) mass is 143 g/mol. The van der Waals surface area contributed by atoms with Crippen molar-refractivity contribution >= 4 is 6.21 Å². The lowest BCUT2D eigenvalue weighted by Crippen LogP contribution is -1.88. The standard InChI is InChI=1S/C8H17NO/c1-4-10-9-7-5-6-8(2)3/h7-8H,4-6H2,1-3H3/b9-7+.